The van der Waals surface area contributed by atoms with Crippen LogP contribution in [0.5, 0.6) is 0 Å². The smallest absolute Gasteiger partial charge is 0.242 e. The average Bonchev–Trinajstić information content (AvgIpc) is 3.37. The van der Waals surface area contributed by atoms with Gasteiger partial charge in [0, 0.05) is 5.69 Å². The van der Waals surface area contributed by atoms with E-state index in [2.05, 4.69) is 20.9 Å². The number of rotatable bonds is 6. The first kappa shape index (κ1) is 22.5. The zero-order chi connectivity index (χ0) is 22.8. The molecule has 1 aromatic heterocycles. The molecule has 1 aromatic carbocycles. The van der Waals surface area contributed by atoms with Gasteiger partial charge in [-0.15, -0.1) is 0 Å². The molecule has 1 aliphatic heterocycles. The van der Waals surface area contributed by atoms with E-state index in [4.69, 9.17) is 17.3 Å². The highest BCUT2D eigenvalue weighted by molar-refractivity contribution is 6.32. The standard InChI is InChI=1S/C23H27ClFN5O2/c1-12(22(31)30-19-7-6-18-16(19)10-17(24)21(26)29-18)28-23(32)20-9-14(11-27-20)8-13-2-4-15(25)5-3-13/h2-5,10,12,14,19-20,27H,6-9,11H2,1H3,(H2,26,29)(H,28,32)(H,30,31)/t12-,14-,19?,20+/m0/s1. The van der Waals surface area contributed by atoms with E-state index in [-0.39, 0.29) is 35.6 Å². The van der Waals surface area contributed by atoms with Crippen molar-refractivity contribution in [3.8, 4) is 0 Å². The van der Waals surface area contributed by atoms with Gasteiger partial charge in [-0.1, -0.05) is 23.7 Å². The van der Waals surface area contributed by atoms with Crippen LogP contribution in [0.2, 0.25) is 5.02 Å². The Morgan fingerprint density at radius 3 is 2.84 bits per heavy atom. The van der Waals surface area contributed by atoms with E-state index in [0.29, 0.717) is 36.6 Å². The van der Waals surface area contributed by atoms with Gasteiger partial charge in [-0.3, -0.25) is 9.59 Å². The Morgan fingerprint density at radius 2 is 2.09 bits per heavy atom. The third-order valence-electron chi connectivity index (χ3n) is 6.21. The monoisotopic (exact) mass is 459 g/mol. The van der Waals surface area contributed by atoms with Crippen LogP contribution in [0.15, 0.2) is 30.3 Å². The van der Waals surface area contributed by atoms with Gasteiger partial charge in [-0.2, -0.15) is 0 Å². The number of aryl methyl sites for hydroxylation is 1. The van der Waals surface area contributed by atoms with Gasteiger partial charge < -0.3 is 21.7 Å². The number of nitrogens with zero attached hydrogens (tertiary/aromatic N) is 1. The lowest BCUT2D eigenvalue weighted by molar-refractivity contribution is -0.129. The lowest BCUT2D eigenvalue weighted by Crippen LogP contribution is -2.50. The minimum atomic E-state index is -0.679. The zero-order valence-corrected chi connectivity index (χ0v) is 18.6. The normalized spacial score (nSPS) is 22.9. The van der Waals surface area contributed by atoms with E-state index in [1.165, 1.54) is 12.1 Å². The minimum absolute atomic E-state index is 0.196. The average molecular weight is 460 g/mol. The maximum atomic E-state index is 13.1. The molecular formula is C23H27ClFN5O2. The molecule has 2 heterocycles. The van der Waals surface area contributed by atoms with Crippen LogP contribution in [0.3, 0.4) is 0 Å². The number of aromatic nitrogens is 1. The van der Waals surface area contributed by atoms with Gasteiger partial charge in [0.25, 0.3) is 0 Å². The third kappa shape index (κ3) is 5.02. The fraction of sp³-hybridized carbons (Fsp3) is 0.435. The lowest BCUT2D eigenvalue weighted by Gasteiger charge is -2.20. The van der Waals surface area contributed by atoms with E-state index in [1.54, 1.807) is 25.1 Å². The summed E-state index contributed by atoms with van der Waals surface area (Å²) in [6, 6.07) is 6.96. The molecule has 1 saturated heterocycles. The quantitative estimate of drug-likeness (QED) is 0.530. The van der Waals surface area contributed by atoms with E-state index in [9.17, 15) is 14.0 Å². The maximum absolute atomic E-state index is 13.1. The number of nitrogens with one attached hydrogen (secondary N) is 3. The van der Waals surface area contributed by atoms with Crippen LogP contribution in [-0.2, 0) is 22.4 Å². The van der Waals surface area contributed by atoms with E-state index >= 15 is 0 Å². The SMILES string of the molecule is C[C@H](NC(=O)[C@H]1C[C@H](Cc2ccc(F)cc2)CN1)C(=O)NC1CCc2nc(N)c(Cl)cc21. The summed E-state index contributed by atoms with van der Waals surface area (Å²) in [5.41, 5.74) is 8.52. The lowest BCUT2D eigenvalue weighted by atomic mass is 9.96. The van der Waals surface area contributed by atoms with Crippen LogP contribution < -0.4 is 21.7 Å². The molecule has 2 aliphatic rings. The summed E-state index contributed by atoms with van der Waals surface area (Å²) in [4.78, 5) is 29.7. The minimum Gasteiger partial charge on any atom is -0.382 e. The molecule has 4 atom stereocenters. The second-order valence-electron chi connectivity index (χ2n) is 8.61. The van der Waals surface area contributed by atoms with Gasteiger partial charge in [0.1, 0.15) is 17.7 Å². The topological polar surface area (TPSA) is 109 Å². The van der Waals surface area contributed by atoms with Crippen LogP contribution in [0.4, 0.5) is 10.2 Å². The highest BCUT2D eigenvalue weighted by Gasteiger charge is 2.32. The number of fused-ring (bicyclic) bond motifs is 1. The summed E-state index contributed by atoms with van der Waals surface area (Å²) in [6.45, 7) is 2.37. The molecule has 0 spiro atoms. The molecule has 1 aliphatic carbocycles. The van der Waals surface area contributed by atoms with Crippen molar-refractivity contribution in [3.05, 3.63) is 58.0 Å². The summed E-state index contributed by atoms with van der Waals surface area (Å²) in [5.74, 6) is -0.143. The number of halogens is 2. The van der Waals surface area contributed by atoms with Crippen LogP contribution in [0, 0.1) is 11.7 Å². The molecule has 32 heavy (non-hydrogen) atoms. The summed E-state index contributed by atoms with van der Waals surface area (Å²) in [5, 5.41) is 9.38. The highest BCUT2D eigenvalue weighted by Crippen LogP contribution is 2.33. The molecule has 4 rings (SSSR count). The molecule has 0 radical (unpaired) electrons. The van der Waals surface area contributed by atoms with Crippen LogP contribution in [0.1, 0.15) is 42.6 Å². The number of benzene rings is 1. The van der Waals surface area contributed by atoms with Crippen molar-refractivity contribution in [2.75, 3.05) is 12.3 Å². The number of hydrogen-bond donors (Lipinski definition) is 4. The van der Waals surface area contributed by atoms with Crippen molar-refractivity contribution in [3.63, 3.8) is 0 Å². The first-order valence-corrected chi connectivity index (χ1v) is 11.2. The summed E-state index contributed by atoms with van der Waals surface area (Å²) in [7, 11) is 0. The molecule has 2 amide bonds. The molecule has 1 fully saturated rings. The molecule has 1 unspecified atom stereocenters. The third-order valence-corrected chi connectivity index (χ3v) is 6.51. The molecule has 0 saturated carbocycles. The number of nitrogens with two attached hydrogens (primary N) is 1. The largest absolute Gasteiger partial charge is 0.382 e. The Balaban J connectivity index is 1.27. The molecule has 7 nitrogen and oxygen atoms in total. The number of carbonyl (C=O) groups is 2. The van der Waals surface area contributed by atoms with Gasteiger partial charge in [0.2, 0.25) is 11.8 Å². The first-order valence-electron chi connectivity index (χ1n) is 10.8. The van der Waals surface area contributed by atoms with Gasteiger partial charge >= 0.3 is 0 Å². The Hall–Kier alpha value is -2.71. The molecular weight excluding hydrogens is 433 g/mol. The summed E-state index contributed by atoms with van der Waals surface area (Å²) < 4.78 is 13.1. The fourth-order valence-corrected chi connectivity index (χ4v) is 4.60. The number of amides is 2. The molecule has 0 bridgehead atoms. The predicted octanol–water partition coefficient (Wildman–Crippen LogP) is 2.29. The number of nitrogen functional groups attached to an aromatic ring is 1. The number of pyridine rings is 1. The first-order chi connectivity index (χ1) is 15.3. The fourth-order valence-electron chi connectivity index (χ4n) is 4.44. The van der Waals surface area contributed by atoms with Crippen molar-refractivity contribution < 1.29 is 14.0 Å². The van der Waals surface area contributed by atoms with E-state index in [0.717, 1.165) is 23.2 Å². The van der Waals surface area contributed by atoms with Gasteiger partial charge in [0.15, 0.2) is 0 Å². The van der Waals surface area contributed by atoms with Gasteiger partial charge in [0.05, 0.1) is 17.1 Å². The summed E-state index contributed by atoms with van der Waals surface area (Å²) in [6.07, 6.45) is 2.86. The molecule has 2 aromatic rings. The van der Waals surface area contributed by atoms with Gasteiger partial charge in [-0.25, -0.2) is 9.37 Å². The second-order valence-corrected chi connectivity index (χ2v) is 9.02. The number of hydrogen-bond acceptors (Lipinski definition) is 5. The zero-order valence-electron chi connectivity index (χ0n) is 17.8. The van der Waals surface area contributed by atoms with Crippen LogP contribution >= 0.6 is 11.6 Å². The Morgan fingerprint density at radius 1 is 1.34 bits per heavy atom. The Bertz CT molecular complexity index is 1020. The molecule has 9 heteroatoms. The van der Waals surface area contributed by atoms with Gasteiger partial charge in [-0.05, 0) is 74.4 Å². The number of anilines is 1. The number of carbonyl (C=O) groups excluding carboxylic acids is 2. The Kier molecular flexibility index (Phi) is 6.62. The maximum Gasteiger partial charge on any atom is 0.242 e. The van der Waals surface area contributed by atoms with Crippen molar-refractivity contribution in [1.29, 1.82) is 0 Å². The summed E-state index contributed by atoms with van der Waals surface area (Å²) >= 11 is 6.09. The second kappa shape index (κ2) is 9.42. The van der Waals surface area contributed by atoms with Crippen molar-refractivity contribution in [2.24, 2.45) is 5.92 Å². The predicted molar refractivity (Wildman–Crippen MR) is 120 cm³/mol. The van der Waals surface area contributed by atoms with E-state index in [1.807, 2.05) is 0 Å². The van der Waals surface area contributed by atoms with E-state index < -0.39 is 6.04 Å². The van der Waals surface area contributed by atoms with Crippen molar-refractivity contribution in [1.82, 2.24) is 20.9 Å². The molecule has 5 N–H and O–H groups in total. The highest BCUT2D eigenvalue weighted by atomic mass is 35.5. The Labute approximate surface area is 191 Å². The van der Waals surface area contributed by atoms with Crippen LogP contribution in [-0.4, -0.2) is 35.4 Å². The van der Waals surface area contributed by atoms with Crippen LogP contribution in [0.25, 0.3) is 0 Å². The van der Waals surface area contributed by atoms with Crippen molar-refractivity contribution >= 4 is 29.2 Å². The van der Waals surface area contributed by atoms with Crippen molar-refractivity contribution in [2.45, 2.75) is 50.7 Å². The molecule has 170 valence electrons.